The van der Waals surface area contributed by atoms with Crippen LogP contribution in [0.15, 0.2) is 34.0 Å². The van der Waals surface area contributed by atoms with Crippen LogP contribution in [0.1, 0.15) is 16.1 Å². The zero-order chi connectivity index (χ0) is 18.9. The molecule has 10 heteroatoms. The summed E-state index contributed by atoms with van der Waals surface area (Å²) in [5.41, 5.74) is 6.35. The smallest absolute Gasteiger partial charge is 0.265 e. The molecule has 140 valence electrons. The molecule has 3 rings (SSSR count). The van der Waals surface area contributed by atoms with Crippen molar-refractivity contribution in [2.45, 2.75) is 11.3 Å². The van der Waals surface area contributed by atoms with Crippen molar-refractivity contribution >= 4 is 33.2 Å². The van der Waals surface area contributed by atoms with Gasteiger partial charge in [-0.15, -0.1) is 0 Å². The number of amides is 2. The predicted octanol–water partition coefficient (Wildman–Crippen LogP) is 0.261. The number of hydrogen-bond donors (Lipinski definition) is 1. The fourth-order valence-corrected chi connectivity index (χ4v) is 5.09. The van der Waals surface area contributed by atoms with Crippen molar-refractivity contribution in [3.05, 3.63) is 40.3 Å². The average Bonchev–Trinajstić information content (AvgIpc) is 3.24. The van der Waals surface area contributed by atoms with E-state index in [1.807, 2.05) is 16.8 Å². The maximum Gasteiger partial charge on any atom is 0.265 e. The monoisotopic (exact) mass is 396 g/mol. The molecule has 2 amide bonds. The van der Waals surface area contributed by atoms with E-state index < -0.39 is 15.9 Å². The van der Waals surface area contributed by atoms with Crippen LogP contribution in [-0.2, 0) is 28.3 Å². The van der Waals surface area contributed by atoms with Crippen LogP contribution < -0.4 is 5.73 Å². The van der Waals surface area contributed by atoms with Crippen LogP contribution in [-0.4, -0.2) is 60.2 Å². The molecule has 8 nitrogen and oxygen atoms in total. The molecule has 0 unspecified atom stereocenters. The van der Waals surface area contributed by atoms with Crippen LogP contribution in [0.5, 0.6) is 0 Å². The number of nitrogens with zero attached hydrogens (tertiary/aromatic N) is 3. The van der Waals surface area contributed by atoms with E-state index in [4.69, 9.17) is 5.73 Å². The van der Waals surface area contributed by atoms with Gasteiger partial charge in [0, 0.05) is 39.4 Å². The Labute approximate surface area is 155 Å². The molecule has 0 aromatic carbocycles. The number of piperazine rings is 1. The third-order valence-corrected chi connectivity index (χ3v) is 6.99. The topological polar surface area (TPSA) is 106 Å². The maximum absolute atomic E-state index is 12.8. The second-order valence-corrected chi connectivity index (χ2v) is 8.85. The first-order chi connectivity index (χ1) is 12.3. The quantitative estimate of drug-likeness (QED) is 0.782. The number of carbonyl (C=O) groups excluding carboxylic acids is 2. The standard InChI is InChI=1S/C16H20N4O4S2/c1-18-10-13(9-14(18)16(17)22)26(23,24)20-5-3-19(4-6-20)15(21)8-12-2-7-25-11-12/h2,7,9-11H,3-6,8H2,1H3,(H2,17,22). The first-order valence-corrected chi connectivity index (χ1v) is 10.4. The minimum atomic E-state index is -3.73. The minimum Gasteiger partial charge on any atom is -0.364 e. The second-order valence-electron chi connectivity index (χ2n) is 6.13. The van der Waals surface area contributed by atoms with E-state index >= 15 is 0 Å². The average molecular weight is 396 g/mol. The largest absolute Gasteiger partial charge is 0.364 e. The predicted molar refractivity (Wildman–Crippen MR) is 97.3 cm³/mol. The zero-order valence-corrected chi connectivity index (χ0v) is 15.9. The number of hydrogen-bond acceptors (Lipinski definition) is 5. The van der Waals surface area contributed by atoms with Crippen LogP contribution in [0.25, 0.3) is 0 Å². The van der Waals surface area contributed by atoms with Crippen molar-refractivity contribution in [3.8, 4) is 0 Å². The molecule has 2 aromatic rings. The summed E-state index contributed by atoms with van der Waals surface area (Å²) in [5, 5.41) is 3.86. The van der Waals surface area contributed by atoms with E-state index in [0.29, 0.717) is 19.5 Å². The molecule has 3 heterocycles. The van der Waals surface area contributed by atoms with Gasteiger partial charge in [-0.05, 0) is 28.5 Å². The molecule has 26 heavy (non-hydrogen) atoms. The Kier molecular flexibility index (Phi) is 5.17. The fraction of sp³-hybridized carbons (Fsp3) is 0.375. The molecule has 2 aromatic heterocycles. The molecule has 0 aliphatic carbocycles. The van der Waals surface area contributed by atoms with E-state index in [9.17, 15) is 18.0 Å². The van der Waals surface area contributed by atoms with Gasteiger partial charge in [0.15, 0.2) is 0 Å². The Balaban J connectivity index is 1.66. The lowest BCUT2D eigenvalue weighted by atomic mass is 10.2. The van der Waals surface area contributed by atoms with Crippen LogP contribution in [0.4, 0.5) is 0 Å². The lowest BCUT2D eigenvalue weighted by molar-refractivity contribution is -0.131. The number of nitrogens with two attached hydrogens (primary N) is 1. The molecule has 1 aliphatic heterocycles. The van der Waals surface area contributed by atoms with Gasteiger partial charge in [0.1, 0.15) is 10.6 Å². The van der Waals surface area contributed by atoms with Gasteiger partial charge in [-0.3, -0.25) is 9.59 Å². The SMILES string of the molecule is Cn1cc(S(=O)(=O)N2CCN(C(=O)Cc3ccsc3)CC2)cc1C(N)=O. The van der Waals surface area contributed by atoms with Crippen LogP contribution >= 0.6 is 11.3 Å². The number of primary amides is 1. The number of aryl methyl sites for hydroxylation is 1. The van der Waals surface area contributed by atoms with Crippen LogP contribution in [0.3, 0.4) is 0 Å². The normalized spacial score (nSPS) is 16.0. The first-order valence-electron chi connectivity index (χ1n) is 8.04. The van der Waals surface area contributed by atoms with Gasteiger partial charge < -0.3 is 15.2 Å². The van der Waals surface area contributed by atoms with Crippen molar-refractivity contribution in [1.82, 2.24) is 13.8 Å². The highest BCUT2D eigenvalue weighted by atomic mass is 32.2. The van der Waals surface area contributed by atoms with Crippen molar-refractivity contribution in [3.63, 3.8) is 0 Å². The third kappa shape index (κ3) is 3.67. The van der Waals surface area contributed by atoms with Crippen molar-refractivity contribution in [2.75, 3.05) is 26.2 Å². The molecule has 1 saturated heterocycles. The first kappa shape index (κ1) is 18.6. The Morgan fingerprint density at radius 3 is 2.46 bits per heavy atom. The molecule has 0 spiro atoms. The van der Waals surface area contributed by atoms with E-state index in [2.05, 4.69) is 0 Å². The van der Waals surface area contributed by atoms with Gasteiger partial charge in [0.2, 0.25) is 15.9 Å². The Morgan fingerprint density at radius 2 is 1.92 bits per heavy atom. The summed E-state index contributed by atoms with van der Waals surface area (Å²) in [6, 6.07) is 3.20. The van der Waals surface area contributed by atoms with Crippen molar-refractivity contribution in [1.29, 1.82) is 0 Å². The molecule has 0 saturated carbocycles. The van der Waals surface area contributed by atoms with Gasteiger partial charge in [-0.1, -0.05) is 0 Å². The molecule has 1 fully saturated rings. The molecular formula is C16H20N4O4S2. The van der Waals surface area contributed by atoms with Crippen LogP contribution in [0, 0.1) is 0 Å². The molecule has 1 aliphatic rings. The molecular weight excluding hydrogens is 376 g/mol. The van der Waals surface area contributed by atoms with Gasteiger partial charge in [0.25, 0.3) is 5.91 Å². The lowest BCUT2D eigenvalue weighted by Crippen LogP contribution is -2.50. The summed E-state index contributed by atoms with van der Waals surface area (Å²) in [6.07, 6.45) is 1.71. The number of sulfonamides is 1. The van der Waals surface area contributed by atoms with Gasteiger partial charge >= 0.3 is 0 Å². The minimum absolute atomic E-state index is 0.00354. The highest BCUT2D eigenvalue weighted by Gasteiger charge is 2.31. The summed E-state index contributed by atoms with van der Waals surface area (Å²) in [5.74, 6) is -0.686. The fourth-order valence-electron chi connectivity index (χ4n) is 2.93. The molecule has 0 atom stereocenters. The molecule has 2 N–H and O–H groups in total. The Bertz CT molecular complexity index is 910. The summed E-state index contributed by atoms with van der Waals surface area (Å²) in [7, 11) is -2.16. The summed E-state index contributed by atoms with van der Waals surface area (Å²) >= 11 is 1.54. The van der Waals surface area contributed by atoms with E-state index in [1.54, 1.807) is 23.3 Å². The lowest BCUT2D eigenvalue weighted by Gasteiger charge is -2.33. The van der Waals surface area contributed by atoms with E-state index in [0.717, 1.165) is 5.56 Å². The second kappa shape index (κ2) is 7.22. The highest BCUT2D eigenvalue weighted by Crippen LogP contribution is 2.20. The van der Waals surface area contributed by atoms with E-state index in [1.165, 1.54) is 21.1 Å². The molecule has 0 bridgehead atoms. The summed E-state index contributed by atoms with van der Waals surface area (Å²) in [4.78, 5) is 25.4. The van der Waals surface area contributed by atoms with Gasteiger partial charge in [0.05, 0.1) is 6.42 Å². The van der Waals surface area contributed by atoms with Crippen molar-refractivity contribution < 1.29 is 18.0 Å². The number of rotatable bonds is 5. The Morgan fingerprint density at radius 1 is 1.23 bits per heavy atom. The van der Waals surface area contributed by atoms with E-state index in [-0.39, 0.29) is 29.6 Å². The van der Waals surface area contributed by atoms with Gasteiger partial charge in [-0.2, -0.15) is 15.6 Å². The summed E-state index contributed by atoms with van der Waals surface area (Å²) < 4.78 is 28.3. The van der Waals surface area contributed by atoms with Crippen LogP contribution in [0.2, 0.25) is 0 Å². The highest BCUT2D eigenvalue weighted by molar-refractivity contribution is 7.89. The molecule has 0 radical (unpaired) electrons. The number of carbonyl (C=O) groups is 2. The summed E-state index contributed by atoms with van der Waals surface area (Å²) in [6.45, 7) is 1.13. The Hall–Kier alpha value is -2.17. The van der Waals surface area contributed by atoms with Crippen molar-refractivity contribution in [2.24, 2.45) is 12.8 Å². The number of thiophene rings is 1. The van der Waals surface area contributed by atoms with Gasteiger partial charge in [-0.25, -0.2) is 8.42 Å². The number of aromatic nitrogens is 1. The maximum atomic E-state index is 12.8. The third-order valence-electron chi connectivity index (χ3n) is 4.40. The zero-order valence-electron chi connectivity index (χ0n) is 14.3.